The molecule has 0 saturated carbocycles. The lowest BCUT2D eigenvalue weighted by Crippen LogP contribution is -2.31. The Morgan fingerprint density at radius 3 is 2.10 bits per heavy atom. The molecule has 4 aromatic rings. The lowest BCUT2D eigenvalue weighted by Gasteiger charge is -2.18. The minimum atomic E-state index is -0.160. The fraction of sp³-hybridized carbons (Fsp3) is 0.167. The van der Waals surface area contributed by atoms with E-state index in [0.29, 0.717) is 19.5 Å². The van der Waals surface area contributed by atoms with Crippen LogP contribution < -0.4 is 11.0 Å². The summed E-state index contributed by atoms with van der Waals surface area (Å²) in [7, 11) is 0. The molecule has 0 fully saturated rings. The van der Waals surface area contributed by atoms with E-state index in [-0.39, 0.29) is 17.5 Å². The highest BCUT2D eigenvalue weighted by Gasteiger charge is 2.18. The molecular weight excluding hydrogens is 362 g/mol. The molecule has 1 heterocycles. The predicted molar refractivity (Wildman–Crippen MR) is 115 cm³/mol. The minimum Gasteiger partial charge on any atom is -0.354 e. The SMILES string of the molecule is O=C(CC(c1ccccc1)c1ccccc1)NCCn1c(=O)[nH]c2ccccc21. The van der Waals surface area contributed by atoms with E-state index in [1.165, 1.54) is 0 Å². The zero-order valence-corrected chi connectivity index (χ0v) is 16.0. The Labute approximate surface area is 169 Å². The van der Waals surface area contributed by atoms with Gasteiger partial charge in [-0.25, -0.2) is 4.79 Å². The first-order valence-corrected chi connectivity index (χ1v) is 9.76. The highest BCUT2D eigenvalue weighted by atomic mass is 16.2. The van der Waals surface area contributed by atoms with Crippen molar-refractivity contribution in [2.75, 3.05) is 6.54 Å². The zero-order chi connectivity index (χ0) is 20.1. The number of fused-ring (bicyclic) bond motifs is 1. The number of aromatic amines is 1. The van der Waals surface area contributed by atoms with E-state index < -0.39 is 0 Å². The number of H-pyrrole nitrogens is 1. The van der Waals surface area contributed by atoms with Crippen LogP contribution in [0.15, 0.2) is 89.7 Å². The Morgan fingerprint density at radius 1 is 0.862 bits per heavy atom. The van der Waals surface area contributed by atoms with Gasteiger partial charge < -0.3 is 10.3 Å². The first-order chi connectivity index (χ1) is 14.2. The second-order valence-electron chi connectivity index (χ2n) is 7.03. The highest BCUT2D eigenvalue weighted by molar-refractivity contribution is 5.78. The van der Waals surface area contributed by atoms with E-state index in [1.807, 2.05) is 60.7 Å². The molecule has 0 aliphatic carbocycles. The third kappa shape index (κ3) is 4.29. The Hall–Kier alpha value is -3.60. The molecule has 29 heavy (non-hydrogen) atoms. The predicted octanol–water partition coefficient (Wildman–Crippen LogP) is 3.67. The van der Waals surface area contributed by atoms with Crippen LogP contribution in [-0.2, 0) is 11.3 Å². The Bertz CT molecular complexity index is 1110. The Balaban J connectivity index is 1.43. The average molecular weight is 385 g/mol. The number of nitrogens with zero attached hydrogens (tertiary/aromatic N) is 1. The van der Waals surface area contributed by atoms with Crippen LogP contribution in [0.1, 0.15) is 23.5 Å². The number of aromatic nitrogens is 2. The first kappa shape index (κ1) is 18.7. The second kappa shape index (κ2) is 8.61. The summed E-state index contributed by atoms with van der Waals surface area (Å²) in [5.41, 5.74) is 3.71. The fourth-order valence-corrected chi connectivity index (χ4v) is 3.69. The number of carbonyl (C=O) groups excluding carboxylic acids is 1. The highest BCUT2D eigenvalue weighted by Crippen LogP contribution is 2.27. The van der Waals surface area contributed by atoms with Crippen LogP contribution in [0.5, 0.6) is 0 Å². The fourth-order valence-electron chi connectivity index (χ4n) is 3.69. The monoisotopic (exact) mass is 385 g/mol. The molecule has 0 bridgehead atoms. The van der Waals surface area contributed by atoms with Crippen LogP contribution in [-0.4, -0.2) is 22.0 Å². The number of amides is 1. The summed E-state index contributed by atoms with van der Waals surface area (Å²) < 4.78 is 1.65. The smallest absolute Gasteiger partial charge is 0.326 e. The maximum atomic E-state index is 12.7. The van der Waals surface area contributed by atoms with Crippen molar-refractivity contribution in [1.29, 1.82) is 0 Å². The summed E-state index contributed by atoms with van der Waals surface area (Å²) in [6, 6.07) is 27.7. The number of hydrogen-bond donors (Lipinski definition) is 2. The number of hydrogen-bond acceptors (Lipinski definition) is 2. The van der Waals surface area contributed by atoms with Crippen molar-refractivity contribution < 1.29 is 4.79 Å². The summed E-state index contributed by atoms with van der Waals surface area (Å²) in [6.07, 6.45) is 0.358. The molecule has 146 valence electrons. The largest absolute Gasteiger partial charge is 0.354 e. The van der Waals surface area contributed by atoms with Gasteiger partial charge in [-0.05, 0) is 23.3 Å². The molecule has 0 aliphatic heterocycles. The third-order valence-corrected chi connectivity index (χ3v) is 5.13. The molecule has 2 N–H and O–H groups in total. The molecule has 4 rings (SSSR count). The van der Waals surface area contributed by atoms with Gasteiger partial charge in [0.25, 0.3) is 0 Å². The molecule has 0 aliphatic rings. The van der Waals surface area contributed by atoms with Gasteiger partial charge in [0.1, 0.15) is 0 Å². The van der Waals surface area contributed by atoms with E-state index in [9.17, 15) is 9.59 Å². The number of carbonyl (C=O) groups is 1. The van der Waals surface area contributed by atoms with Crippen molar-refractivity contribution in [2.45, 2.75) is 18.9 Å². The van der Waals surface area contributed by atoms with Crippen molar-refractivity contribution in [3.8, 4) is 0 Å². The van der Waals surface area contributed by atoms with Gasteiger partial charge in [-0.2, -0.15) is 0 Å². The van der Waals surface area contributed by atoms with Crippen molar-refractivity contribution in [1.82, 2.24) is 14.9 Å². The molecule has 3 aromatic carbocycles. The van der Waals surface area contributed by atoms with Crippen LogP contribution in [0, 0.1) is 0 Å². The van der Waals surface area contributed by atoms with Gasteiger partial charge in [0.2, 0.25) is 5.91 Å². The summed E-state index contributed by atoms with van der Waals surface area (Å²) >= 11 is 0. The van der Waals surface area contributed by atoms with E-state index >= 15 is 0 Å². The summed E-state index contributed by atoms with van der Waals surface area (Å²) in [4.78, 5) is 27.7. The van der Waals surface area contributed by atoms with E-state index in [4.69, 9.17) is 0 Å². The minimum absolute atomic E-state index is 0.00629. The molecule has 0 spiro atoms. The summed E-state index contributed by atoms with van der Waals surface area (Å²) in [5.74, 6) is -0.0381. The lowest BCUT2D eigenvalue weighted by molar-refractivity contribution is -0.121. The maximum Gasteiger partial charge on any atom is 0.326 e. The van der Waals surface area contributed by atoms with Crippen LogP contribution in [0.3, 0.4) is 0 Å². The van der Waals surface area contributed by atoms with Gasteiger partial charge in [0.15, 0.2) is 0 Å². The number of rotatable bonds is 7. The molecule has 0 unspecified atom stereocenters. The van der Waals surface area contributed by atoms with Gasteiger partial charge in [0.05, 0.1) is 11.0 Å². The van der Waals surface area contributed by atoms with Crippen LogP contribution in [0.25, 0.3) is 11.0 Å². The normalized spacial score (nSPS) is 11.1. The Morgan fingerprint density at radius 2 is 1.45 bits per heavy atom. The zero-order valence-electron chi connectivity index (χ0n) is 16.0. The second-order valence-corrected chi connectivity index (χ2v) is 7.03. The van der Waals surface area contributed by atoms with Gasteiger partial charge in [-0.15, -0.1) is 0 Å². The lowest BCUT2D eigenvalue weighted by atomic mass is 9.88. The topological polar surface area (TPSA) is 66.9 Å². The van der Waals surface area contributed by atoms with Crippen LogP contribution in [0.4, 0.5) is 0 Å². The van der Waals surface area contributed by atoms with Crippen LogP contribution in [0.2, 0.25) is 0 Å². The summed E-state index contributed by atoms with van der Waals surface area (Å²) in [5, 5.41) is 2.97. The van der Waals surface area contributed by atoms with E-state index in [2.05, 4.69) is 34.6 Å². The molecule has 1 aromatic heterocycles. The number of nitrogens with one attached hydrogen (secondary N) is 2. The maximum absolute atomic E-state index is 12.7. The Kier molecular flexibility index (Phi) is 5.56. The molecule has 0 atom stereocenters. The number of benzene rings is 3. The third-order valence-electron chi connectivity index (χ3n) is 5.13. The molecule has 1 amide bonds. The molecule has 0 radical (unpaired) electrons. The quantitative estimate of drug-likeness (QED) is 0.510. The van der Waals surface area contributed by atoms with Gasteiger partial charge in [0, 0.05) is 25.4 Å². The van der Waals surface area contributed by atoms with E-state index in [0.717, 1.165) is 22.2 Å². The standard InChI is InChI=1S/C24H23N3O2/c28-23(25-15-16-27-22-14-8-7-13-21(22)26-24(27)29)17-20(18-9-3-1-4-10-18)19-11-5-2-6-12-19/h1-14,20H,15-17H2,(H,25,28)(H,26,29). The number of para-hydroxylation sites is 2. The summed E-state index contributed by atoms with van der Waals surface area (Å²) in [6.45, 7) is 0.826. The van der Waals surface area contributed by atoms with Crippen molar-refractivity contribution in [3.05, 3.63) is 107 Å². The van der Waals surface area contributed by atoms with Crippen LogP contribution >= 0.6 is 0 Å². The molecule has 5 heteroatoms. The van der Waals surface area contributed by atoms with Crippen molar-refractivity contribution in [3.63, 3.8) is 0 Å². The van der Waals surface area contributed by atoms with Crippen molar-refractivity contribution in [2.24, 2.45) is 0 Å². The molecular formula is C24H23N3O2. The molecule has 5 nitrogen and oxygen atoms in total. The van der Waals surface area contributed by atoms with Gasteiger partial charge in [-0.3, -0.25) is 9.36 Å². The van der Waals surface area contributed by atoms with E-state index in [1.54, 1.807) is 4.57 Å². The van der Waals surface area contributed by atoms with Crippen molar-refractivity contribution >= 4 is 16.9 Å². The van der Waals surface area contributed by atoms with Gasteiger partial charge >= 0.3 is 5.69 Å². The molecule has 0 saturated heterocycles. The van der Waals surface area contributed by atoms with Gasteiger partial charge in [-0.1, -0.05) is 72.8 Å². The average Bonchev–Trinajstić information content (AvgIpc) is 3.08. The number of imidazole rings is 1. The first-order valence-electron chi connectivity index (χ1n) is 9.76.